The highest BCUT2D eigenvalue weighted by Gasteiger charge is 2.28. The Balaban J connectivity index is 1.81. The molecule has 1 N–H and O–H groups in total. The first-order valence-electron chi connectivity index (χ1n) is 7.63. The molecule has 0 radical (unpaired) electrons. The van der Waals surface area contributed by atoms with Crippen LogP contribution in [0.5, 0.6) is 17.2 Å². The first kappa shape index (κ1) is 17.8. The minimum Gasteiger partial charge on any atom is -0.495 e. The van der Waals surface area contributed by atoms with Crippen LogP contribution in [-0.4, -0.2) is 44.2 Å². The number of fused-ring (bicyclic) bond motifs is 1. The topological polar surface area (TPSA) is 90.0 Å². The van der Waals surface area contributed by atoms with Gasteiger partial charge in [-0.15, -0.1) is 0 Å². The zero-order valence-corrected chi connectivity index (χ0v) is 14.9. The van der Waals surface area contributed by atoms with Crippen LogP contribution in [0.4, 0.5) is 11.5 Å². The second-order valence-electron chi connectivity index (χ2n) is 5.33. The van der Waals surface area contributed by atoms with Crippen LogP contribution < -0.4 is 24.4 Å². The average Bonchev–Trinajstić information content (AvgIpc) is 2.65. The molecule has 2 heterocycles. The van der Waals surface area contributed by atoms with E-state index in [2.05, 4.69) is 10.3 Å². The number of carbonyl (C=O) groups is 2. The number of anilines is 2. The van der Waals surface area contributed by atoms with Gasteiger partial charge in [0.2, 0.25) is 5.91 Å². The fourth-order valence-corrected chi connectivity index (χ4v) is 2.72. The maximum absolute atomic E-state index is 12.5. The minimum absolute atomic E-state index is 0.149. The van der Waals surface area contributed by atoms with Crippen LogP contribution in [0.15, 0.2) is 30.5 Å². The van der Waals surface area contributed by atoms with E-state index in [1.165, 1.54) is 31.4 Å². The van der Waals surface area contributed by atoms with E-state index in [-0.39, 0.29) is 19.1 Å². The normalized spacial score (nSPS) is 12.9. The molecule has 2 aromatic rings. The van der Waals surface area contributed by atoms with E-state index in [0.717, 1.165) is 0 Å². The molecule has 1 aliphatic rings. The Hall–Kier alpha value is -3.00. The van der Waals surface area contributed by atoms with Crippen molar-refractivity contribution in [3.05, 3.63) is 35.5 Å². The monoisotopic (exact) mass is 377 g/mol. The van der Waals surface area contributed by atoms with Gasteiger partial charge in [-0.25, -0.2) is 4.98 Å². The van der Waals surface area contributed by atoms with Crippen molar-refractivity contribution in [2.75, 3.05) is 37.6 Å². The van der Waals surface area contributed by atoms with Crippen molar-refractivity contribution < 1.29 is 23.8 Å². The Morgan fingerprint density at radius 1 is 1.35 bits per heavy atom. The number of amides is 2. The summed E-state index contributed by atoms with van der Waals surface area (Å²) in [5, 5.41) is 3.05. The Morgan fingerprint density at radius 2 is 2.12 bits per heavy atom. The molecule has 8 nitrogen and oxygen atoms in total. The van der Waals surface area contributed by atoms with Gasteiger partial charge in [-0.05, 0) is 12.1 Å². The molecule has 26 heavy (non-hydrogen) atoms. The van der Waals surface area contributed by atoms with Crippen LogP contribution >= 0.6 is 11.6 Å². The molecule has 1 aromatic carbocycles. The summed E-state index contributed by atoms with van der Waals surface area (Å²) in [5.41, 5.74) is 0.376. The highest BCUT2D eigenvalue weighted by atomic mass is 35.5. The predicted octanol–water partition coefficient (Wildman–Crippen LogP) is 2.12. The van der Waals surface area contributed by atoms with Crippen molar-refractivity contribution in [1.29, 1.82) is 0 Å². The van der Waals surface area contributed by atoms with Crippen molar-refractivity contribution >= 4 is 34.9 Å². The average molecular weight is 378 g/mol. The van der Waals surface area contributed by atoms with Crippen LogP contribution in [0, 0.1) is 0 Å². The summed E-state index contributed by atoms with van der Waals surface area (Å²) in [4.78, 5) is 30.0. The van der Waals surface area contributed by atoms with E-state index in [0.29, 0.717) is 33.8 Å². The van der Waals surface area contributed by atoms with Crippen molar-refractivity contribution in [2.24, 2.45) is 0 Å². The number of hydrogen-bond acceptors (Lipinski definition) is 6. The highest BCUT2D eigenvalue weighted by molar-refractivity contribution is 6.32. The lowest BCUT2D eigenvalue weighted by atomic mass is 10.2. The third kappa shape index (κ3) is 3.50. The van der Waals surface area contributed by atoms with Gasteiger partial charge < -0.3 is 19.5 Å². The molecule has 2 amide bonds. The smallest absolute Gasteiger partial charge is 0.266 e. The second kappa shape index (κ2) is 7.49. The standard InChI is InChI=1S/C17H16ClN3O5/c1-24-13-7-11(14(25-2)6-10(13)18)20-15(22)8-21-16(23)9-26-12-4-3-5-19-17(12)21/h3-7H,8-9H2,1-2H3,(H,20,22). The van der Waals surface area contributed by atoms with Crippen molar-refractivity contribution in [2.45, 2.75) is 0 Å². The van der Waals surface area contributed by atoms with Crippen LogP contribution in [0.2, 0.25) is 5.02 Å². The van der Waals surface area contributed by atoms with Gasteiger partial charge in [0.05, 0.1) is 24.9 Å². The third-order valence-corrected chi connectivity index (χ3v) is 4.00. The van der Waals surface area contributed by atoms with Crippen LogP contribution in [0.3, 0.4) is 0 Å². The number of hydrogen-bond donors (Lipinski definition) is 1. The molecule has 0 spiro atoms. The summed E-state index contributed by atoms with van der Waals surface area (Å²) in [6, 6.07) is 6.46. The largest absolute Gasteiger partial charge is 0.495 e. The molecule has 0 saturated carbocycles. The van der Waals surface area contributed by atoms with Gasteiger partial charge in [-0.2, -0.15) is 0 Å². The molecule has 1 aliphatic heterocycles. The molecular weight excluding hydrogens is 362 g/mol. The molecule has 0 bridgehead atoms. The van der Waals surface area contributed by atoms with Crippen LogP contribution in [-0.2, 0) is 9.59 Å². The summed E-state index contributed by atoms with van der Waals surface area (Å²) >= 11 is 6.06. The number of nitrogens with zero attached hydrogens (tertiary/aromatic N) is 2. The molecule has 0 fully saturated rings. The van der Waals surface area contributed by atoms with Gasteiger partial charge in [-0.3, -0.25) is 14.5 Å². The number of methoxy groups -OCH3 is 2. The Morgan fingerprint density at radius 3 is 2.85 bits per heavy atom. The number of halogens is 1. The van der Waals surface area contributed by atoms with Crippen LogP contribution in [0.1, 0.15) is 0 Å². The Labute approximate surface area is 154 Å². The minimum atomic E-state index is -0.431. The van der Waals surface area contributed by atoms with Gasteiger partial charge >= 0.3 is 0 Å². The lowest BCUT2D eigenvalue weighted by Crippen LogP contribution is -2.44. The number of nitrogens with one attached hydrogen (secondary N) is 1. The maximum atomic E-state index is 12.5. The number of pyridine rings is 1. The van der Waals surface area contributed by atoms with E-state index < -0.39 is 5.91 Å². The summed E-state index contributed by atoms with van der Waals surface area (Å²) in [7, 11) is 2.92. The molecule has 0 saturated heterocycles. The van der Waals surface area contributed by atoms with Crippen molar-refractivity contribution in [3.8, 4) is 17.2 Å². The third-order valence-electron chi connectivity index (χ3n) is 3.71. The van der Waals surface area contributed by atoms with Gasteiger partial charge in [0.1, 0.15) is 18.0 Å². The van der Waals surface area contributed by atoms with Gasteiger partial charge in [0.15, 0.2) is 18.2 Å². The van der Waals surface area contributed by atoms with E-state index in [1.807, 2.05) is 0 Å². The second-order valence-corrected chi connectivity index (χ2v) is 5.74. The van der Waals surface area contributed by atoms with E-state index in [4.69, 9.17) is 25.8 Å². The van der Waals surface area contributed by atoms with Crippen molar-refractivity contribution in [3.63, 3.8) is 0 Å². The fraction of sp³-hybridized carbons (Fsp3) is 0.235. The fourth-order valence-electron chi connectivity index (χ4n) is 2.49. The van der Waals surface area contributed by atoms with E-state index in [1.54, 1.807) is 18.2 Å². The molecule has 0 atom stereocenters. The summed E-state index contributed by atoms with van der Waals surface area (Å²) in [5.74, 6) is 0.727. The van der Waals surface area contributed by atoms with Crippen LogP contribution in [0.25, 0.3) is 0 Å². The zero-order valence-electron chi connectivity index (χ0n) is 14.1. The van der Waals surface area contributed by atoms with E-state index >= 15 is 0 Å². The first-order valence-corrected chi connectivity index (χ1v) is 8.01. The highest BCUT2D eigenvalue weighted by Crippen LogP contribution is 2.36. The molecular formula is C17H16ClN3O5. The molecule has 0 aliphatic carbocycles. The van der Waals surface area contributed by atoms with Gasteiger partial charge in [0, 0.05) is 18.3 Å². The maximum Gasteiger partial charge on any atom is 0.266 e. The van der Waals surface area contributed by atoms with Gasteiger partial charge in [0.25, 0.3) is 5.91 Å². The number of carbonyl (C=O) groups excluding carboxylic acids is 2. The Bertz CT molecular complexity index is 858. The summed E-state index contributed by atoms with van der Waals surface area (Å²) < 4.78 is 15.7. The summed E-state index contributed by atoms with van der Waals surface area (Å²) in [6.07, 6.45) is 1.53. The molecule has 0 unspecified atom stereocenters. The lowest BCUT2D eigenvalue weighted by molar-refractivity contribution is -0.123. The Kier molecular flexibility index (Phi) is 5.13. The number of rotatable bonds is 5. The number of benzene rings is 1. The number of aromatic nitrogens is 1. The predicted molar refractivity (Wildman–Crippen MR) is 95.3 cm³/mol. The SMILES string of the molecule is COc1cc(NC(=O)CN2C(=O)COc3cccnc32)c(OC)cc1Cl. The number of ether oxygens (including phenoxy) is 3. The molecule has 3 rings (SSSR count). The summed E-state index contributed by atoms with van der Waals surface area (Å²) in [6.45, 7) is -0.371. The molecule has 9 heteroatoms. The van der Waals surface area contributed by atoms with E-state index in [9.17, 15) is 9.59 Å². The van der Waals surface area contributed by atoms with Crippen molar-refractivity contribution in [1.82, 2.24) is 4.98 Å². The molecule has 136 valence electrons. The van der Waals surface area contributed by atoms with Gasteiger partial charge in [-0.1, -0.05) is 11.6 Å². The lowest BCUT2D eigenvalue weighted by Gasteiger charge is -2.27. The molecule has 1 aromatic heterocycles. The quantitative estimate of drug-likeness (QED) is 0.858. The zero-order chi connectivity index (χ0) is 18.7. The first-order chi connectivity index (χ1) is 12.5.